The Labute approximate surface area is 56.7 Å². The molecule has 0 atom stereocenters. The van der Waals surface area contributed by atoms with Crippen LogP contribution in [-0.2, 0) is 4.79 Å². The summed E-state index contributed by atoms with van der Waals surface area (Å²) in [6.07, 6.45) is 0. The molecule has 0 fully saturated rings. The van der Waals surface area contributed by atoms with Gasteiger partial charge in [0, 0.05) is 0 Å². The van der Waals surface area contributed by atoms with Crippen LogP contribution in [0.3, 0.4) is 0 Å². The van der Waals surface area contributed by atoms with Gasteiger partial charge in [0.15, 0.2) is 5.22 Å². The minimum Gasteiger partial charge on any atom is -0.498 e. The van der Waals surface area contributed by atoms with Crippen LogP contribution in [0.2, 0.25) is 0 Å². The topological polar surface area (TPSA) is 37.3 Å². The number of hydrogen-bond donors (Lipinski definition) is 1. The molecule has 0 saturated heterocycles. The maximum Gasteiger partial charge on any atom is 0.252 e. The van der Waals surface area contributed by atoms with Crippen molar-refractivity contribution in [2.75, 3.05) is 0 Å². The van der Waals surface area contributed by atoms with E-state index < -0.39 is 10.5 Å². The third-order valence-electron chi connectivity index (χ3n) is 0.604. The first-order chi connectivity index (χ1) is 3.55. The van der Waals surface area contributed by atoms with Gasteiger partial charge in [0.2, 0.25) is 0 Å². The molecule has 0 aliphatic carbocycles. The summed E-state index contributed by atoms with van der Waals surface area (Å²) in [5.41, 5.74) is -0.0340. The number of hydrogen-bond acceptors (Lipinski definition) is 2. The first-order valence-corrected chi connectivity index (χ1v) is 2.56. The fraction of sp³-hybridized carbons (Fsp3) is 0.250. The van der Waals surface area contributed by atoms with Gasteiger partial charge in [-0.2, -0.15) is 0 Å². The first-order valence-electron chi connectivity index (χ1n) is 1.81. The molecule has 0 aromatic carbocycles. The summed E-state index contributed by atoms with van der Waals surface area (Å²) in [4.78, 5) is 10.0. The van der Waals surface area contributed by atoms with E-state index in [0.717, 1.165) is 0 Å². The number of aliphatic hydroxyl groups is 1. The minimum absolute atomic E-state index is 0.0340. The van der Waals surface area contributed by atoms with Crippen LogP contribution in [-0.4, -0.2) is 10.3 Å². The molecule has 0 rings (SSSR count). The van der Waals surface area contributed by atoms with Crippen molar-refractivity contribution in [2.45, 2.75) is 6.92 Å². The highest BCUT2D eigenvalue weighted by Gasteiger charge is 2.02. The van der Waals surface area contributed by atoms with Crippen molar-refractivity contribution >= 4 is 28.4 Å². The predicted molar refractivity (Wildman–Crippen MR) is 32.0 cm³/mol. The summed E-state index contributed by atoms with van der Waals surface area (Å²) < 4.78 is 0. The normalized spacial score (nSPS) is 12.9. The highest BCUT2D eigenvalue weighted by Crippen LogP contribution is 2.07. The van der Waals surface area contributed by atoms with Crippen LogP contribution < -0.4 is 0 Å². The van der Waals surface area contributed by atoms with Gasteiger partial charge >= 0.3 is 0 Å². The van der Waals surface area contributed by atoms with E-state index in [1.54, 1.807) is 0 Å². The summed E-state index contributed by atoms with van der Waals surface area (Å²) in [5, 5.41) is 7.04. The van der Waals surface area contributed by atoms with Crippen molar-refractivity contribution in [3.8, 4) is 0 Å². The first kappa shape index (κ1) is 7.79. The molecule has 0 spiro atoms. The number of rotatable bonds is 1. The molecule has 1 N–H and O–H groups in total. The van der Waals surface area contributed by atoms with E-state index in [9.17, 15) is 4.79 Å². The molecule has 46 valence electrons. The van der Waals surface area contributed by atoms with Gasteiger partial charge in [-0.25, -0.2) is 0 Å². The Hall–Kier alpha value is -0.210. The Balaban J connectivity index is 4.23. The molecular formula is C4H4Cl2O2. The molecule has 2 nitrogen and oxygen atoms in total. The molecule has 4 heteroatoms. The van der Waals surface area contributed by atoms with Gasteiger partial charge in [0.25, 0.3) is 5.24 Å². The molecule has 0 amide bonds. The van der Waals surface area contributed by atoms with E-state index in [1.807, 2.05) is 0 Å². The van der Waals surface area contributed by atoms with Gasteiger partial charge < -0.3 is 5.11 Å². The average Bonchev–Trinajstić information content (AvgIpc) is 1.64. The fourth-order valence-corrected chi connectivity index (χ4v) is 0.305. The Morgan fingerprint density at radius 1 is 1.50 bits per heavy atom. The van der Waals surface area contributed by atoms with E-state index >= 15 is 0 Å². The molecule has 0 heterocycles. The van der Waals surface area contributed by atoms with Crippen LogP contribution in [0.1, 0.15) is 6.92 Å². The van der Waals surface area contributed by atoms with Crippen molar-refractivity contribution in [2.24, 2.45) is 0 Å². The molecule has 0 radical (unpaired) electrons. The zero-order valence-electron chi connectivity index (χ0n) is 4.11. The van der Waals surface area contributed by atoms with Crippen molar-refractivity contribution in [3.05, 3.63) is 10.8 Å². The number of aliphatic hydroxyl groups excluding tert-OH is 1. The van der Waals surface area contributed by atoms with Gasteiger partial charge in [-0.15, -0.1) is 0 Å². The largest absolute Gasteiger partial charge is 0.498 e. The zero-order valence-corrected chi connectivity index (χ0v) is 5.62. The SMILES string of the molecule is CC(C(=O)Cl)=C(O)Cl. The van der Waals surface area contributed by atoms with Crippen LogP contribution >= 0.6 is 23.2 Å². The molecular weight excluding hydrogens is 151 g/mol. The van der Waals surface area contributed by atoms with Crippen LogP contribution in [0.4, 0.5) is 0 Å². The van der Waals surface area contributed by atoms with Gasteiger partial charge in [0.05, 0.1) is 5.57 Å². The second-order valence-electron chi connectivity index (χ2n) is 1.19. The summed E-state index contributed by atoms with van der Waals surface area (Å²) >= 11 is 9.84. The number of halogens is 2. The van der Waals surface area contributed by atoms with E-state index in [1.165, 1.54) is 6.92 Å². The van der Waals surface area contributed by atoms with Gasteiger partial charge in [-0.05, 0) is 30.1 Å². The molecule has 8 heavy (non-hydrogen) atoms. The van der Waals surface area contributed by atoms with Crippen LogP contribution in [0.5, 0.6) is 0 Å². The third kappa shape index (κ3) is 2.19. The summed E-state index contributed by atoms with van der Waals surface area (Å²) in [6.45, 7) is 1.33. The maximum absolute atomic E-state index is 10.0. The van der Waals surface area contributed by atoms with Crippen molar-refractivity contribution in [3.63, 3.8) is 0 Å². The smallest absolute Gasteiger partial charge is 0.252 e. The molecule has 0 aromatic rings. The molecule has 0 aliphatic heterocycles. The zero-order chi connectivity index (χ0) is 6.73. The molecule has 0 unspecified atom stereocenters. The molecule has 0 bridgehead atoms. The lowest BCUT2D eigenvalue weighted by molar-refractivity contribution is -0.108. The summed E-state index contributed by atoms with van der Waals surface area (Å²) in [7, 11) is 0. The lowest BCUT2D eigenvalue weighted by Crippen LogP contribution is -1.89. The highest BCUT2D eigenvalue weighted by molar-refractivity contribution is 6.68. The van der Waals surface area contributed by atoms with Crippen molar-refractivity contribution in [1.82, 2.24) is 0 Å². The van der Waals surface area contributed by atoms with E-state index in [-0.39, 0.29) is 5.57 Å². The van der Waals surface area contributed by atoms with E-state index in [0.29, 0.717) is 0 Å². The fourth-order valence-electron chi connectivity index (χ4n) is 0.0811. The van der Waals surface area contributed by atoms with Gasteiger partial charge in [0.1, 0.15) is 0 Å². The lowest BCUT2D eigenvalue weighted by Gasteiger charge is -1.88. The maximum atomic E-state index is 10.0. The van der Waals surface area contributed by atoms with Crippen LogP contribution in [0.25, 0.3) is 0 Å². The number of carbonyl (C=O) groups excluding carboxylic acids is 1. The Morgan fingerprint density at radius 2 is 1.88 bits per heavy atom. The molecule has 0 saturated carbocycles. The van der Waals surface area contributed by atoms with E-state index in [2.05, 4.69) is 0 Å². The lowest BCUT2D eigenvalue weighted by atomic mass is 10.4. The second kappa shape index (κ2) is 2.95. The molecule has 0 aromatic heterocycles. The monoisotopic (exact) mass is 154 g/mol. The Bertz CT molecular complexity index is 135. The molecule has 0 aliphatic rings. The van der Waals surface area contributed by atoms with Crippen LogP contribution in [0, 0.1) is 0 Å². The highest BCUT2D eigenvalue weighted by atomic mass is 35.5. The summed E-state index contributed by atoms with van der Waals surface area (Å²) in [5.74, 6) is 0. The average molecular weight is 155 g/mol. The second-order valence-corrected chi connectivity index (χ2v) is 1.89. The van der Waals surface area contributed by atoms with Crippen molar-refractivity contribution < 1.29 is 9.90 Å². The van der Waals surface area contributed by atoms with Gasteiger partial charge in [-0.1, -0.05) is 0 Å². The Kier molecular flexibility index (Phi) is 2.87. The third-order valence-corrected chi connectivity index (χ3v) is 1.17. The standard InChI is InChI=1S/C4H4Cl2O2/c1-2(3(5)7)4(6)8/h7H,1H3. The predicted octanol–water partition coefficient (Wildman–Crippen LogP) is 1.78. The van der Waals surface area contributed by atoms with Crippen molar-refractivity contribution in [1.29, 1.82) is 0 Å². The van der Waals surface area contributed by atoms with Gasteiger partial charge in [-0.3, -0.25) is 4.79 Å². The Morgan fingerprint density at radius 3 is 1.88 bits per heavy atom. The number of allylic oxidation sites excluding steroid dienone is 1. The van der Waals surface area contributed by atoms with E-state index in [4.69, 9.17) is 28.3 Å². The summed E-state index contributed by atoms with van der Waals surface area (Å²) in [6, 6.07) is 0. The minimum atomic E-state index is -0.738. The van der Waals surface area contributed by atoms with Crippen LogP contribution in [0.15, 0.2) is 10.8 Å². The quantitative estimate of drug-likeness (QED) is 0.356. The number of carbonyl (C=O) groups is 1.